The van der Waals surface area contributed by atoms with Crippen molar-refractivity contribution in [3.63, 3.8) is 0 Å². The number of amides is 2. The summed E-state index contributed by atoms with van der Waals surface area (Å²) in [5.74, 6) is 0.331. The first kappa shape index (κ1) is 19.9. The molecule has 0 fully saturated rings. The van der Waals surface area contributed by atoms with Gasteiger partial charge in [-0.25, -0.2) is 0 Å². The van der Waals surface area contributed by atoms with Gasteiger partial charge in [0.05, 0.1) is 12.8 Å². The van der Waals surface area contributed by atoms with Crippen LogP contribution in [0.5, 0.6) is 5.75 Å². The number of nitrogens with zero attached hydrogens (tertiary/aromatic N) is 1. The molecule has 1 unspecified atom stereocenters. The number of carbonyl (C=O) groups excluding carboxylic acids is 2. The third kappa shape index (κ3) is 3.88. The summed E-state index contributed by atoms with van der Waals surface area (Å²) in [5.41, 5.74) is 3.70. The lowest BCUT2D eigenvalue weighted by molar-refractivity contribution is -0.121. The molecule has 3 rings (SSSR count). The number of fused-ring (bicyclic) bond motifs is 1. The van der Waals surface area contributed by atoms with Gasteiger partial charge in [0.25, 0.3) is 5.91 Å². The highest BCUT2D eigenvalue weighted by atomic mass is 16.5. The molecule has 1 atom stereocenters. The normalized spacial score (nSPS) is 14.4. The molecule has 5 nitrogen and oxygen atoms in total. The first-order valence-corrected chi connectivity index (χ1v) is 9.77. The van der Waals surface area contributed by atoms with Crippen LogP contribution >= 0.6 is 0 Å². The number of benzene rings is 2. The zero-order valence-corrected chi connectivity index (χ0v) is 17.0. The second kappa shape index (κ2) is 8.46. The van der Waals surface area contributed by atoms with E-state index in [9.17, 15) is 9.59 Å². The highest BCUT2D eigenvalue weighted by Crippen LogP contribution is 2.38. The summed E-state index contributed by atoms with van der Waals surface area (Å²) in [5, 5.41) is 2.94. The van der Waals surface area contributed by atoms with Crippen LogP contribution in [-0.2, 0) is 11.2 Å². The molecule has 1 aliphatic rings. The van der Waals surface area contributed by atoms with Gasteiger partial charge in [0.1, 0.15) is 11.8 Å². The zero-order valence-electron chi connectivity index (χ0n) is 17.0. The molecule has 5 heteroatoms. The average molecular weight is 380 g/mol. The molecule has 2 amide bonds. The number of aryl methyl sites for hydroxylation is 1. The van der Waals surface area contributed by atoms with Crippen LogP contribution in [-0.4, -0.2) is 31.5 Å². The Morgan fingerprint density at radius 2 is 1.82 bits per heavy atom. The minimum Gasteiger partial charge on any atom is -0.495 e. The van der Waals surface area contributed by atoms with Gasteiger partial charge in [0.15, 0.2) is 0 Å². The highest BCUT2D eigenvalue weighted by molar-refractivity contribution is 6.04. The molecule has 0 radical (unpaired) electrons. The van der Waals surface area contributed by atoms with Crippen molar-refractivity contribution in [3.8, 4) is 5.75 Å². The van der Waals surface area contributed by atoms with Crippen LogP contribution in [0.4, 0.5) is 5.69 Å². The Bertz CT molecular complexity index is 862. The predicted molar refractivity (Wildman–Crippen MR) is 111 cm³/mol. The Morgan fingerprint density at radius 3 is 2.46 bits per heavy atom. The Labute approximate surface area is 166 Å². The molecule has 0 bridgehead atoms. The van der Waals surface area contributed by atoms with Crippen LogP contribution in [0.15, 0.2) is 42.5 Å². The van der Waals surface area contributed by atoms with Crippen molar-refractivity contribution >= 4 is 17.5 Å². The average Bonchev–Trinajstić information content (AvgIpc) is 2.72. The van der Waals surface area contributed by atoms with Gasteiger partial charge in [0.2, 0.25) is 5.91 Å². The quantitative estimate of drug-likeness (QED) is 0.860. The minimum absolute atomic E-state index is 0.0404. The number of anilines is 1. The second-order valence-electron chi connectivity index (χ2n) is 7.57. The molecule has 2 aromatic rings. The molecule has 1 heterocycles. The smallest absolute Gasteiger partial charge is 0.251 e. The van der Waals surface area contributed by atoms with E-state index in [-0.39, 0.29) is 17.7 Å². The maximum absolute atomic E-state index is 13.5. The highest BCUT2D eigenvalue weighted by Gasteiger charge is 2.34. The molecular weight excluding hydrogens is 352 g/mol. The summed E-state index contributed by atoms with van der Waals surface area (Å²) in [6, 6.07) is 12.3. The van der Waals surface area contributed by atoms with E-state index in [0.717, 1.165) is 29.7 Å². The van der Waals surface area contributed by atoms with E-state index < -0.39 is 6.04 Å². The van der Waals surface area contributed by atoms with E-state index in [4.69, 9.17) is 4.74 Å². The van der Waals surface area contributed by atoms with Crippen molar-refractivity contribution < 1.29 is 14.3 Å². The largest absolute Gasteiger partial charge is 0.495 e. The van der Waals surface area contributed by atoms with Crippen molar-refractivity contribution in [1.29, 1.82) is 0 Å². The topological polar surface area (TPSA) is 58.6 Å². The van der Waals surface area contributed by atoms with Gasteiger partial charge in [0, 0.05) is 12.1 Å². The van der Waals surface area contributed by atoms with Gasteiger partial charge in [-0.3, -0.25) is 9.59 Å². The molecule has 0 spiro atoms. The molecule has 1 N–H and O–H groups in total. The van der Waals surface area contributed by atoms with E-state index in [2.05, 4.69) is 12.2 Å². The number of carbonyl (C=O) groups is 2. The number of hydrogen-bond donors (Lipinski definition) is 1. The van der Waals surface area contributed by atoms with Crippen molar-refractivity contribution in [2.45, 2.75) is 39.7 Å². The predicted octanol–water partition coefficient (Wildman–Crippen LogP) is 3.74. The summed E-state index contributed by atoms with van der Waals surface area (Å²) in [7, 11) is 1.62. The van der Waals surface area contributed by atoms with Gasteiger partial charge < -0.3 is 15.0 Å². The number of nitrogens with one attached hydrogen (secondary N) is 1. The van der Waals surface area contributed by atoms with Crippen LogP contribution in [0.3, 0.4) is 0 Å². The van der Waals surface area contributed by atoms with Gasteiger partial charge in [-0.15, -0.1) is 0 Å². The van der Waals surface area contributed by atoms with E-state index in [1.165, 1.54) is 0 Å². The van der Waals surface area contributed by atoms with E-state index in [0.29, 0.717) is 17.9 Å². The summed E-state index contributed by atoms with van der Waals surface area (Å²) in [6.45, 7) is 6.58. The first-order valence-electron chi connectivity index (χ1n) is 9.77. The number of rotatable bonds is 5. The van der Waals surface area contributed by atoms with Crippen LogP contribution in [0.2, 0.25) is 0 Å². The Kier molecular flexibility index (Phi) is 6.02. The maximum atomic E-state index is 13.5. The maximum Gasteiger partial charge on any atom is 0.251 e. The molecule has 28 heavy (non-hydrogen) atoms. The zero-order chi connectivity index (χ0) is 20.3. The second-order valence-corrected chi connectivity index (χ2v) is 7.57. The van der Waals surface area contributed by atoms with Gasteiger partial charge >= 0.3 is 0 Å². The monoisotopic (exact) mass is 380 g/mol. The summed E-state index contributed by atoms with van der Waals surface area (Å²) >= 11 is 0. The Morgan fingerprint density at radius 1 is 1.11 bits per heavy atom. The van der Waals surface area contributed by atoms with Crippen molar-refractivity contribution in [1.82, 2.24) is 5.32 Å². The molecular formula is C23H28N2O3. The third-order valence-corrected chi connectivity index (χ3v) is 5.30. The fraction of sp³-hybridized carbons (Fsp3) is 0.391. The number of hydrogen-bond acceptors (Lipinski definition) is 3. The lowest BCUT2D eigenvalue weighted by Gasteiger charge is -2.35. The fourth-order valence-electron chi connectivity index (χ4n) is 3.73. The van der Waals surface area contributed by atoms with Gasteiger partial charge in [-0.1, -0.05) is 38.1 Å². The molecule has 2 aromatic carbocycles. The lowest BCUT2D eigenvalue weighted by atomic mass is 9.94. The SMILES string of the molecule is COc1ccc(C)c2c1N(C(=O)C(NC(=O)c1ccccc1)C(C)C)CCC2. The number of methoxy groups -OCH3 is 1. The standard InChI is InChI=1S/C23H28N2O3/c1-15(2)20(24-22(26)17-9-6-5-7-10-17)23(27)25-14-8-11-18-16(3)12-13-19(28-4)21(18)25/h5-7,9-10,12-13,15,20H,8,11,14H2,1-4H3,(H,24,26). The minimum atomic E-state index is -0.608. The molecule has 148 valence electrons. The van der Waals surface area contributed by atoms with Crippen molar-refractivity contribution in [2.24, 2.45) is 5.92 Å². The van der Waals surface area contributed by atoms with Crippen LogP contribution < -0.4 is 15.0 Å². The molecule has 0 saturated heterocycles. The van der Waals surface area contributed by atoms with E-state index >= 15 is 0 Å². The van der Waals surface area contributed by atoms with Crippen LogP contribution in [0, 0.1) is 12.8 Å². The van der Waals surface area contributed by atoms with E-state index in [1.807, 2.05) is 44.2 Å². The van der Waals surface area contributed by atoms with Crippen LogP contribution in [0.1, 0.15) is 41.8 Å². The van der Waals surface area contributed by atoms with Crippen molar-refractivity contribution in [2.75, 3.05) is 18.6 Å². The van der Waals surface area contributed by atoms with Crippen molar-refractivity contribution in [3.05, 3.63) is 59.2 Å². The molecule has 0 aromatic heterocycles. The summed E-state index contributed by atoms with van der Waals surface area (Å²) < 4.78 is 5.56. The molecule has 0 aliphatic carbocycles. The van der Waals surface area contributed by atoms with Gasteiger partial charge in [-0.05, 0) is 55.0 Å². The Hall–Kier alpha value is -2.82. The Balaban J connectivity index is 1.92. The lowest BCUT2D eigenvalue weighted by Crippen LogP contribution is -2.52. The number of ether oxygens (including phenoxy) is 1. The molecule has 1 aliphatic heterocycles. The first-order chi connectivity index (χ1) is 13.4. The van der Waals surface area contributed by atoms with Crippen LogP contribution in [0.25, 0.3) is 0 Å². The van der Waals surface area contributed by atoms with E-state index in [1.54, 1.807) is 24.1 Å². The summed E-state index contributed by atoms with van der Waals surface area (Å²) in [4.78, 5) is 28.0. The van der Waals surface area contributed by atoms with Gasteiger partial charge in [-0.2, -0.15) is 0 Å². The third-order valence-electron chi connectivity index (χ3n) is 5.30. The fourth-order valence-corrected chi connectivity index (χ4v) is 3.73. The summed E-state index contributed by atoms with van der Waals surface area (Å²) in [6.07, 6.45) is 1.81. The molecule has 0 saturated carbocycles.